The van der Waals surface area contributed by atoms with Crippen molar-refractivity contribution in [1.29, 1.82) is 0 Å². The molecule has 0 saturated carbocycles. The lowest BCUT2D eigenvalue weighted by atomic mass is 10.1. The van der Waals surface area contributed by atoms with E-state index in [-0.39, 0.29) is 12.4 Å². The highest BCUT2D eigenvalue weighted by Crippen LogP contribution is 2.19. The molecule has 3 rings (SSSR count). The molecular formula is C22H19ClO3. The largest absolute Gasteiger partial charge is 0.489 e. The van der Waals surface area contributed by atoms with Crippen LogP contribution >= 0.6 is 11.6 Å². The van der Waals surface area contributed by atoms with Crippen molar-refractivity contribution in [2.75, 3.05) is 0 Å². The number of carbonyl (C=O) groups is 1. The molecule has 0 radical (unpaired) electrons. The lowest BCUT2D eigenvalue weighted by Crippen LogP contribution is -2.18. The quantitative estimate of drug-likeness (QED) is 0.404. The average molecular weight is 367 g/mol. The number of hydrogen-bond acceptors (Lipinski definition) is 3. The minimum Gasteiger partial charge on any atom is -0.489 e. The first-order valence-corrected chi connectivity index (χ1v) is 8.76. The van der Waals surface area contributed by atoms with E-state index in [0.717, 1.165) is 11.1 Å². The molecule has 132 valence electrons. The van der Waals surface area contributed by atoms with Crippen molar-refractivity contribution >= 4 is 17.4 Å². The van der Waals surface area contributed by atoms with Gasteiger partial charge in [-0.05, 0) is 23.3 Å². The smallest absolute Gasteiger partial charge is 0.206 e. The average Bonchev–Trinajstić information content (AvgIpc) is 2.71. The van der Waals surface area contributed by atoms with Crippen LogP contribution in [-0.2, 0) is 18.0 Å². The van der Waals surface area contributed by atoms with Crippen LogP contribution in [0.3, 0.4) is 0 Å². The molecule has 3 aromatic carbocycles. The molecule has 0 spiro atoms. The highest BCUT2D eigenvalue weighted by molar-refractivity contribution is 6.32. The molecule has 26 heavy (non-hydrogen) atoms. The molecule has 0 N–H and O–H groups in total. The third kappa shape index (κ3) is 5.19. The number of carbonyl (C=O) groups excluding carboxylic acids is 1. The monoisotopic (exact) mass is 366 g/mol. The second kappa shape index (κ2) is 9.18. The summed E-state index contributed by atoms with van der Waals surface area (Å²) in [6, 6.07) is 26.4. The van der Waals surface area contributed by atoms with Gasteiger partial charge in [0.1, 0.15) is 12.4 Å². The maximum Gasteiger partial charge on any atom is 0.206 e. The topological polar surface area (TPSA) is 35.5 Å². The fourth-order valence-electron chi connectivity index (χ4n) is 2.43. The van der Waals surface area contributed by atoms with E-state index < -0.39 is 5.56 Å². The first-order chi connectivity index (χ1) is 12.7. The SMILES string of the molecule is O=C(c1cccc(OCc2ccccc2)c1)C(Cl)OCc1ccccc1. The summed E-state index contributed by atoms with van der Waals surface area (Å²) in [5.74, 6) is 0.333. The first-order valence-electron chi connectivity index (χ1n) is 8.33. The van der Waals surface area contributed by atoms with Gasteiger partial charge in [-0.3, -0.25) is 4.79 Å². The number of alkyl halides is 1. The van der Waals surface area contributed by atoms with Gasteiger partial charge in [0, 0.05) is 5.56 Å². The Morgan fingerprint density at radius 2 is 1.42 bits per heavy atom. The Bertz CT molecular complexity index is 834. The van der Waals surface area contributed by atoms with Crippen LogP contribution in [0.2, 0.25) is 0 Å². The Hall–Kier alpha value is -2.62. The summed E-state index contributed by atoms with van der Waals surface area (Å²) >= 11 is 6.13. The molecule has 1 atom stereocenters. The van der Waals surface area contributed by atoms with E-state index in [1.54, 1.807) is 18.2 Å². The Morgan fingerprint density at radius 1 is 0.808 bits per heavy atom. The number of Topliss-reactive ketones (excluding diaryl/α,β-unsaturated/α-hetero) is 1. The van der Waals surface area contributed by atoms with E-state index in [9.17, 15) is 4.79 Å². The van der Waals surface area contributed by atoms with Crippen LogP contribution in [0.4, 0.5) is 0 Å². The predicted octanol–water partition coefficient (Wildman–Crippen LogP) is 5.23. The maximum absolute atomic E-state index is 12.5. The summed E-state index contributed by atoms with van der Waals surface area (Å²) < 4.78 is 11.2. The summed E-state index contributed by atoms with van der Waals surface area (Å²) in [5.41, 5.74) is 1.44. The van der Waals surface area contributed by atoms with Gasteiger partial charge < -0.3 is 9.47 Å². The Morgan fingerprint density at radius 3 is 2.08 bits per heavy atom. The lowest BCUT2D eigenvalue weighted by molar-refractivity contribution is 0.0613. The molecule has 0 aliphatic carbocycles. The summed E-state index contributed by atoms with van der Waals surface area (Å²) in [6.45, 7) is 0.720. The summed E-state index contributed by atoms with van der Waals surface area (Å²) in [5, 5.41) is 0. The molecule has 0 aliphatic rings. The summed E-state index contributed by atoms with van der Waals surface area (Å²) in [6.07, 6.45) is 0. The van der Waals surface area contributed by atoms with Crippen molar-refractivity contribution in [3.05, 3.63) is 102 Å². The fraction of sp³-hybridized carbons (Fsp3) is 0.136. The number of ether oxygens (including phenoxy) is 2. The maximum atomic E-state index is 12.5. The molecule has 0 heterocycles. The molecule has 3 nitrogen and oxygen atoms in total. The van der Waals surface area contributed by atoms with Crippen molar-refractivity contribution in [2.24, 2.45) is 0 Å². The van der Waals surface area contributed by atoms with Gasteiger partial charge >= 0.3 is 0 Å². The summed E-state index contributed by atoms with van der Waals surface area (Å²) in [4.78, 5) is 12.5. The first kappa shape index (κ1) is 18.2. The minimum atomic E-state index is -1.04. The third-order valence-electron chi connectivity index (χ3n) is 3.81. The van der Waals surface area contributed by atoms with Crippen LogP contribution in [0.5, 0.6) is 5.75 Å². The van der Waals surface area contributed by atoms with E-state index in [1.165, 1.54) is 0 Å². The van der Waals surface area contributed by atoms with Gasteiger partial charge in [-0.15, -0.1) is 0 Å². The molecule has 0 bridgehead atoms. The van der Waals surface area contributed by atoms with Gasteiger partial charge in [-0.1, -0.05) is 84.4 Å². The van der Waals surface area contributed by atoms with Gasteiger partial charge in [0.2, 0.25) is 5.78 Å². The molecule has 0 aromatic heterocycles. The number of rotatable bonds is 8. The number of hydrogen-bond donors (Lipinski definition) is 0. The van der Waals surface area contributed by atoms with E-state index >= 15 is 0 Å². The van der Waals surface area contributed by atoms with Gasteiger partial charge in [0.15, 0.2) is 5.56 Å². The van der Waals surface area contributed by atoms with Crippen LogP contribution in [0.1, 0.15) is 21.5 Å². The van der Waals surface area contributed by atoms with Crippen LogP contribution in [0, 0.1) is 0 Å². The Kier molecular flexibility index (Phi) is 6.42. The van der Waals surface area contributed by atoms with E-state index in [0.29, 0.717) is 17.9 Å². The Balaban J connectivity index is 1.58. The molecule has 0 aliphatic heterocycles. The second-order valence-electron chi connectivity index (χ2n) is 5.78. The zero-order valence-electron chi connectivity index (χ0n) is 14.2. The van der Waals surface area contributed by atoms with Gasteiger partial charge in [0.25, 0.3) is 0 Å². The highest BCUT2D eigenvalue weighted by atomic mass is 35.5. The van der Waals surface area contributed by atoms with Crippen LogP contribution in [0.15, 0.2) is 84.9 Å². The number of halogens is 1. The van der Waals surface area contributed by atoms with Crippen LogP contribution < -0.4 is 4.74 Å². The van der Waals surface area contributed by atoms with E-state index in [2.05, 4.69) is 0 Å². The lowest BCUT2D eigenvalue weighted by Gasteiger charge is -2.12. The van der Waals surface area contributed by atoms with E-state index in [1.807, 2.05) is 66.7 Å². The molecule has 0 amide bonds. The number of benzene rings is 3. The normalized spacial score (nSPS) is 11.7. The zero-order chi connectivity index (χ0) is 18.2. The van der Waals surface area contributed by atoms with Gasteiger partial charge in [-0.25, -0.2) is 0 Å². The van der Waals surface area contributed by atoms with E-state index in [4.69, 9.17) is 21.1 Å². The molecule has 0 saturated heterocycles. The van der Waals surface area contributed by atoms with Crippen LogP contribution in [-0.4, -0.2) is 11.3 Å². The van der Waals surface area contributed by atoms with Crippen molar-refractivity contribution in [3.63, 3.8) is 0 Å². The zero-order valence-corrected chi connectivity index (χ0v) is 14.9. The number of ketones is 1. The molecule has 1 unspecified atom stereocenters. The fourth-order valence-corrected chi connectivity index (χ4v) is 2.62. The summed E-state index contributed by atoms with van der Waals surface area (Å²) in [7, 11) is 0. The Labute approximate surface area is 158 Å². The second-order valence-corrected chi connectivity index (χ2v) is 6.18. The van der Waals surface area contributed by atoms with Crippen molar-refractivity contribution in [1.82, 2.24) is 0 Å². The van der Waals surface area contributed by atoms with Gasteiger partial charge in [0.05, 0.1) is 6.61 Å². The minimum absolute atomic E-state index is 0.283. The molecule has 4 heteroatoms. The molecule has 0 fully saturated rings. The molecular weight excluding hydrogens is 348 g/mol. The van der Waals surface area contributed by atoms with Crippen LogP contribution in [0.25, 0.3) is 0 Å². The van der Waals surface area contributed by atoms with Crippen molar-refractivity contribution in [3.8, 4) is 5.75 Å². The molecule has 3 aromatic rings. The van der Waals surface area contributed by atoms with Gasteiger partial charge in [-0.2, -0.15) is 0 Å². The van der Waals surface area contributed by atoms with Crippen molar-refractivity contribution in [2.45, 2.75) is 18.8 Å². The predicted molar refractivity (Wildman–Crippen MR) is 102 cm³/mol. The standard InChI is InChI=1S/C22H19ClO3/c23-22(26-16-18-10-5-2-6-11-18)21(24)19-12-7-13-20(14-19)25-15-17-8-3-1-4-9-17/h1-14,22H,15-16H2. The third-order valence-corrected chi connectivity index (χ3v) is 4.14. The highest BCUT2D eigenvalue weighted by Gasteiger charge is 2.18. The van der Waals surface area contributed by atoms with Crippen molar-refractivity contribution < 1.29 is 14.3 Å².